The zero-order valence-electron chi connectivity index (χ0n) is 13.6. The number of aliphatic hydroxyl groups is 1. The highest BCUT2D eigenvalue weighted by atomic mass is 16.3. The first-order valence-corrected chi connectivity index (χ1v) is 7.79. The van der Waals surface area contributed by atoms with Crippen LogP contribution in [0.4, 0.5) is 0 Å². The van der Waals surface area contributed by atoms with Crippen LogP contribution in [0.5, 0.6) is 0 Å². The lowest BCUT2D eigenvalue weighted by molar-refractivity contribution is 0.178. The molecule has 2 aromatic rings. The molecule has 0 spiro atoms. The van der Waals surface area contributed by atoms with Gasteiger partial charge >= 0.3 is 0 Å². The predicted molar refractivity (Wildman–Crippen MR) is 89.6 cm³/mol. The Bertz CT molecular complexity index is 561. The first kappa shape index (κ1) is 15.8. The molecule has 0 saturated heterocycles. The summed E-state index contributed by atoms with van der Waals surface area (Å²) in [6, 6.07) is 14.7. The van der Waals surface area contributed by atoms with Crippen molar-refractivity contribution < 1.29 is 5.11 Å². The van der Waals surface area contributed by atoms with E-state index in [-0.39, 0.29) is 0 Å². The molecule has 0 bridgehead atoms. The fourth-order valence-corrected chi connectivity index (χ4v) is 2.83. The van der Waals surface area contributed by atoms with E-state index in [9.17, 15) is 5.11 Å². The van der Waals surface area contributed by atoms with Crippen molar-refractivity contribution in [2.75, 3.05) is 0 Å². The van der Waals surface area contributed by atoms with Gasteiger partial charge in [-0.1, -0.05) is 56.3 Å². The monoisotopic (exact) mass is 282 g/mol. The Morgan fingerprint density at radius 2 is 1.43 bits per heavy atom. The number of hydrogen-bond acceptors (Lipinski definition) is 1. The molecule has 0 heterocycles. The van der Waals surface area contributed by atoms with Gasteiger partial charge < -0.3 is 5.11 Å². The van der Waals surface area contributed by atoms with Gasteiger partial charge in [0.25, 0.3) is 0 Å². The molecule has 2 aromatic carbocycles. The summed E-state index contributed by atoms with van der Waals surface area (Å²) in [5.41, 5.74) is 6.12. The number of aryl methyl sites for hydroxylation is 2. The van der Waals surface area contributed by atoms with E-state index in [1.165, 1.54) is 22.3 Å². The quantitative estimate of drug-likeness (QED) is 0.837. The molecular weight excluding hydrogens is 256 g/mol. The van der Waals surface area contributed by atoms with E-state index in [1.54, 1.807) is 0 Å². The number of benzene rings is 2. The highest BCUT2D eigenvalue weighted by Gasteiger charge is 2.12. The van der Waals surface area contributed by atoms with Crippen molar-refractivity contribution in [3.05, 3.63) is 70.3 Å². The summed E-state index contributed by atoms with van der Waals surface area (Å²) in [4.78, 5) is 0. The lowest BCUT2D eigenvalue weighted by Crippen LogP contribution is -2.05. The van der Waals surface area contributed by atoms with Crippen molar-refractivity contribution in [3.8, 4) is 0 Å². The fraction of sp³-hybridized carbons (Fsp3) is 0.400. The van der Waals surface area contributed by atoms with E-state index in [0.29, 0.717) is 12.3 Å². The molecule has 1 N–H and O–H groups in total. The summed E-state index contributed by atoms with van der Waals surface area (Å²) in [6.07, 6.45) is 1.34. The Hall–Kier alpha value is -1.60. The summed E-state index contributed by atoms with van der Waals surface area (Å²) in [6.45, 7) is 8.68. The molecular formula is C20H26O. The fourth-order valence-electron chi connectivity index (χ4n) is 2.83. The number of hydrogen-bond donors (Lipinski definition) is 1. The van der Waals surface area contributed by atoms with Gasteiger partial charge in [-0.05, 0) is 54.0 Å². The molecule has 1 unspecified atom stereocenters. The molecule has 0 fully saturated rings. The second-order valence-electron chi connectivity index (χ2n) is 6.43. The summed E-state index contributed by atoms with van der Waals surface area (Å²) < 4.78 is 0. The minimum Gasteiger partial charge on any atom is -0.388 e. The van der Waals surface area contributed by atoms with Gasteiger partial charge in [0.15, 0.2) is 0 Å². The molecule has 2 rings (SSSR count). The Labute approximate surface area is 128 Å². The predicted octanol–water partition coefficient (Wildman–Crippen LogP) is 4.78. The van der Waals surface area contributed by atoms with Crippen molar-refractivity contribution in [2.45, 2.75) is 46.6 Å². The topological polar surface area (TPSA) is 20.2 Å². The van der Waals surface area contributed by atoms with Gasteiger partial charge in [0.1, 0.15) is 0 Å². The average Bonchev–Trinajstić information content (AvgIpc) is 2.43. The van der Waals surface area contributed by atoms with Gasteiger partial charge in [0, 0.05) is 6.42 Å². The smallest absolute Gasteiger partial charge is 0.0830 e. The van der Waals surface area contributed by atoms with Crippen molar-refractivity contribution >= 4 is 0 Å². The molecule has 21 heavy (non-hydrogen) atoms. The normalized spacial score (nSPS) is 12.7. The largest absolute Gasteiger partial charge is 0.388 e. The maximum Gasteiger partial charge on any atom is 0.0830 e. The molecule has 0 amide bonds. The average molecular weight is 282 g/mol. The third-order valence-corrected chi connectivity index (χ3v) is 4.05. The maximum absolute atomic E-state index is 10.5. The third kappa shape index (κ3) is 4.18. The van der Waals surface area contributed by atoms with Crippen LogP contribution in [0.15, 0.2) is 42.5 Å². The van der Waals surface area contributed by atoms with Gasteiger partial charge in [0.2, 0.25) is 0 Å². The number of rotatable bonds is 5. The van der Waals surface area contributed by atoms with Gasteiger partial charge in [-0.15, -0.1) is 0 Å². The zero-order valence-corrected chi connectivity index (χ0v) is 13.6. The second-order valence-corrected chi connectivity index (χ2v) is 6.43. The van der Waals surface area contributed by atoms with E-state index < -0.39 is 6.10 Å². The van der Waals surface area contributed by atoms with E-state index in [4.69, 9.17) is 0 Å². The molecule has 1 heteroatoms. The van der Waals surface area contributed by atoms with Crippen LogP contribution in [0.1, 0.15) is 47.8 Å². The first-order chi connectivity index (χ1) is 9.97. The SMILES string of the molecule is Cc1cccc(C)c1CC(O)c1ccc(CC(C)C)cc1. The molecule has 1 nitrogen and oxygen atoms in total. The highest BCUT2D eigenvalue weighted by Crippen LogP contribution is 2.23. The van der Waals surface area contributed by atoms with Crippen molar-refractivity contribution in [1.29, 1.82) is 0 Å². The second kappa shape index (κ2) is 6.91. The Morgan fingerprint density at radius 3 is 1.95 bits per heavy atom. The molecule has 0 aliphatic heterocycles. The van der Waals surface area contributed by atoms with Crippen LogP contribution in [-0.2, 0) is 12.8 Å². The molecule has 0 radical (unpaired) electrons. The van der Waals surface area contributed by atoms with Crippen molar-refractivity contribution in [3.63, 3.8) is 0 Å². The van der Waals surface area contributed by atoms with Crippen LogP contribution in [0.2, 0.25) is 0 Å². The standard InChI is InChI=1S/C20H26O/c1-14(2)12-17-8-10-18(11-9-17)20(21)13-19-15(3)6-5-7-16(19)4/h5-11,14,20-21H,12-13H2,1-4H3. The van der Waals surface area contributed by atoms with Crippen LogP contribution in [-0.4, -0.2) is 5.11 Å². The molecule has 0 aliphatic rings. The van der Waals surface area contributed by atoms with Crippen LogP contribution < -0.4 is 0 Å². The maximum atomic E-state index is 10.5. The molecule has 112 valence electrons. The van der Waals surface area contributed by atoms with Gasteiger partial charge in [0.05, 0.1) is 6.10 Å². The minimum atomic E-state index is -0.433. The molecule has 1 atom stereocenters. The first-order valence-electron chi connectivity index (χ1n) is 7.79. The van der Waals surface area contributed by atoms with E-state index in [1.807, 2.05) is 0 Å². The Kier molecular flexibility index (Phi) is 5.19. The molecule has 0 aromatic heterocycles. The number of aliphatic hydroxyl groups excluding tert-OH is 1. The lowest BCUT2D eigenvalue weighted by atomic mass is 9.93. The van der Waals surface area contributed by atoms with Crippen LogP contribution in [0.3, 0.4) is 0 Å². The van der Waals surface area contributed by atoms with E-state index in [0.717, 1.165) is 12.0 Å². The molecule has 0 saturated carbocycles. The van der Waals surface area contributed by atoms with E-state index in [2.05, 4.69) is 70.2 Å². The van der Waals surface area contributed by atoms with Crippen LogP contribution >= 0.6 is 0 Å². The third-order valence-electron chi connectivity index (χ3n) is 4.05. The summed E-state index contributed by atoms with van der Waals surface area (Å²) >= 11 is 0. The van der Waals surface area contributed by atoms with Crippen molar-refractivity contribution in [1.82, 2.24) is 0 Å². The van der Waals surface area contributed by atoms with Gasteiger partial charge in [-0.25, -0.2) is 0 Å². The van der Waals surface area contributed by atoms with E-state index >= 15 is 0 Å². The lowest BCUT2D eigenvalue weighted by Gasteiger charge is -2.16. The van der Waals surface area contributed by atoms with Gasteiger partial charge in [-0.2, -0.15) is 0 Å². The highest BCUT2D eigenvalue weighted by molar-refractivity contribution is 5.35. The van der Waals surface area contributed by atoms with Crippen molar-refractivity contribution in [2.24, 2.45) is 5.92 Å². The summed E-state index contributed by atoms with van der Waals surface area (Å²) in [7, 11) is 0. The van der Waals surface area contributed by atoms with Gasteiger partial charge in [-0.3, -0.25) is 0 Å². The van der Waals surface area contributed by atoms with Crippen LogP contribution in [0.25, 0.3) is 0 Å². The summed E-state index contributed by atoms with van der Waals surface area (Å²) in [5.74, 6) is 0.662. The van der Waals surface area contributed by atoms with Crippen LogP contribution in [0, 0.1) is 19.8 Å². The Morgan fingerprint density at radius 1 is 0.857 bits per heavy atom. The Balaban J connectivity index is 2.11. The minimum absolute atomic E-state index is 0.433. The zero-order chi connectivity index (χ0) is 15.4. The molecule has 0 aliphatic carbocycles. The summed E-state index contributed by atoms with van der Waals surface area (Å²) in [5, 5.41) is 10.5.